The highest BCUT2D eigenvalue weighted by Crippen LogP contribution is 2.38. The van der Waals surface area contributed by atoms with E-state index in [1.807, 2.05) is 0 Å². The lowest BCUT2D eigenvalue weighted by Crippen LogP contribution is -2.28. The molecule has 39 heavy (non-hydrogen) atoms. The molecule has 0 aliphatic heterocycles. The number of hydrogen-bond donors (Lipinski definition) is 3. The predicted molar refractivity (Wildman–Crippen MR) is 132 cm³/mol. The maximum Gasteiger partial charge on any atom is 0.434 e. The maximum atomic E-state index is 14.0. The van der Waals surface area contributed by atoms with E-state index >= 15 is 0 Å². The minimum atomic E-state index is -4.75. The monoisotopic (exact) mass is 535 g/mol. The zero-order valence-corrected chi connectivity index (χ0v) is 20.0. The number of halogens is 3. The first kappa shape index (κ1) is 25.7. The number of aromatic nitrogens is 4. The van der Waals surface area contributed by atoms with Crippen LogP contribution in [-0.4, -0.2) is 36.0 Å². The second-order valence-electron chi connectivity index (χ2n) is 8.48. The summed E-state index contributed by atoms with van der Waals surface area (Å²) in [5.41, 5.74) is 0.212. The normalized spacial score (nSPS) is 12.3. The highest BCUT2D eigenvalue weighted by molar-refractivity contribution is 5.82. The number of hydrogen-bond acceptors (Lipinski definition) is 7. The van der Waals surface area contributed by atoms with Crippen molar-refractivity contribution in [2.24, 2.45) is 0 Å². The summed E-state index contributed by atoms with van der Waals surface area (Å²) in [5, 5.41) is 30.0. The number of carbonyl (C=O) groups is 1. The number of benzene rings is 3. The van der Waals surface area contributed by atoms with Crippen LogP contribution in [0.25, 0.3) is 28.5 Å². The van der Waals surface area contributed by atoms with Crippen LogP contribution < -0.4 is 5.32 Å². The molecule has 3 N–H and O–H groups in total. The van der Waals surface area contributed by atoms with Gasteiger partial charge in [0.2, 0.25) is 5.82 Å². The number of alkyl halides is 3. The molecule has 0 aliphatic carbocycles. The number of nitrogens with one attached hydrogen (secondary N) is 1. The SMILES string of the molecule is O=C(NCc1ccc(O)cc1)C(O)c1ccc(-c2noc(-c3cnn(-c4ccccc4)c3C(F)(F)F)n2)cc1. The van der Waals surface area contributed by atoms with Gasteiger partial charge in [0.25, 0.3) is 11.8 Å². The molecule has 1 unspecified atom stereocenters. The van der Waals surface area contributed by atoms with Gasteiger partial charge in [0.15, 0.2) is 11.8 Å². The first-order chi connectivity index (χ1) is 18.7. The number of rotatable bonds is 7. The van der Waals surface area contributed by atoms with Gasteiger partial charge in [-0.2, -0.15) is 23.3 Å². The topological polar surface area (TPSA) is 126 Å². The van der Waals surface area contributed by atoms with Gasteiger partial charge in [-0.3, -0.25) is 4.79 Å². The van der Waals surface area contributed by atoms with Gasteiger partial charge in [0.1, 0.15) is 5.75 Å². The molecule has 3 aromatic carbocycles. The maximum absolute atomic E-state index is 14.0. The highest BCUT2D eigenvalue weighted by Gasteiger charge is 2.40. The Balaban J connectivity index is 1.33. The average Bonchev–Trinajstić information content (AvgIpc) is 3.61. The molecule has 5 rings (SSSR count). The summed E-state index contributed by atoms with van der Waals surface area (Å²) < 4.78 is 47.8. The molecule has 2 aromatic heterocycles. The number of aliphatic hydroxyl groups excluding tert-OH is 1. The summed E-state index contributed by atoms with van der Waals surface area (Å²) in [4.78, 5) is 16.5. The lowest BCUT2D eigenvalue weighted by Gasteiger charge is -2.12. The van der Waals surface area contributed by atoms with Crippen LogP contribution >= 0.6 is 0 Å². The van der Waals surface area contributed by atoms with E-state index in [0.717, 1.165) is 16.4 Å². The van der Waals surface area contributed by atoms with E-state index in [2.05, 4.69) is 20.6 Å². The third-order valence-corrected chi connectivity index (χ3v) is 5.83. The quantitative estimate of drug-likeness (QED) is 0.277. The smallest absolute Gasteiger partial charge is 0.434 e. The van der Waals surface area contributed by atoms with Gasteiger partial charge in [-0.1, -0.05) is 59.8 Å². The van der Waals surface area contributed by atoms with Gasteiger partial charge < -0.3 is 20.1 Å². The van der Waals surface area contributed by atoms with Crippen molar-refractivity contribution in [1.29, 1.82) is 0 Å². The number of phenolic OH excluding ortho intramolecular Hbond substituents is 1. The molecule has 0 radical (unpaired) electrons. The van der Waals surface area contributed by atoms with Crippen LogP contribution in [0.3, 0.4) is 0 Å². The summed E-state index contributed by atoms with van der Waals surface area (Å²) >= 11 is 0. The third-order valence-electron chi connectivity index (χ3n) is 5.83. The number of amides is 1. The van der Waals surface area contributed by atoms with Crippen molar-refractivity contribution in [2.45, 2.75) is 18.8 Å². The summed E-state index contributed by atoms with van der Waals surface area (Å²) in [6, 6.07) is 20.1. The van der Waals surface area contributed by atoms with Crippen molar-refractivity contribution in [3.8, 4) is 34.3 Å². The number of aromatic hydroxyl groups is 1. The summed E-state index contributed by atoms with van der Waals surface area (Å²) in [6.07, 6.45) is -5.20. The van der Waals surface area contributed by atoms with E-state index in [4.69, 9.17) is 4.52 Å². The largest absolute Gasteiger partial charge is 0.508 e. The number of nitrogens with zero attached hydrogens (tertiary/aromatic N) is 4. The molecule has 0 bridgehead atoms. The standard InChI is InChI=1S/C27H20F3N5O4/c28-27(29,30)23-21(15-32-35(23)19-4-2-1-3-5-19)26-33-24(34-39-26)18-10-8-17(9-11-18)22(37)25(38)31-14-16-6-12-20(36)13-7-16/h1-13,15,22,36-37H,14H2,(H,31,38). The Bertz CT molecular complexity index is 1580. The first-order valence-electron chi connectivity index (χ1n) is 11.6. The van der Waals surface area contributed by atoms with Crippen molar-refractivity contribution in [1.82, 2.24) is 25.2 Å². The van der Waals surface area contributed by atoms with Gasteiger partial charge in [0, 0.05) is 12.1 Å². The Labute approximate surface area is 219 Å². The fourth-order valence-electron chi connectivity index (χ4n) is 3.86. The van der Waals surface area contributed by atoms with Gasteiger partial charge in [-0.25, -0.2) is 4.68 Å². The number of carbonyl (C=O) groups excluding carboxylic acids is 1. The van der Waals surface area contributed by atoms with Crippen LogP contribution in [-0.2, 0) is 17.5 Å². The molecule has 0 spiro atoms. The fourth-order valence-corrected chi connectivity index (χ4v) is 3.86. The van der Waals surface area contributed by atoms with E-state index in [1.165, 1.54) is 48.5 Å². The van der Waals surface area contributed by atoms with Gasteiger partial charge >= 0.3 is 6.18 Å². The number of phenols is 1. The van der Waals surface area contributed by atoms with Crippen LogP contribution in [0.15, 0.2) is 89.6 Å². The molecular weight excluding hydrogens is 515 g/mol. The van der Waals surface area contributed by atoms with E-state index in [9.17, 15) is 28.2 Å². The molecular formula is C27H20F3N5O4. The number of aliphatic hydroxyl groups is 1. The molecule has 9 nitrogen and oxygen atoms in total. The van der Waals surface area contributed by atoms with Gasteiger partial charge in [0.05, 0.1) is 17.4 Å². The van der Waals surface area contributed by atoms with E-state index in [1.54, 1.807) is 30.3 Å². The molecule has 12 heteroatoms. The fraction of sp³-hybridized carbons (Fsp3) is 0.111. The second kappa shape index (κ2) is 10.4. The van der Waals surface area contributed by atoms with Crippen molar-refractivity contribution in [3.05, 3.63) is 102 Å². The van der Waals surface area contributed by atoms with Crippen LogP contribution in [0.1, 0.15) is 22.9 Å². The Morgan fingerprint density at radius 1 is 1.00 bits per heavy atom. The second-order valence-corrected chi connectivity index (χ2v) is 8.48. The van der Waals surface area contributed by atoms with E-state index in [-0.39, 0.29) is 40.8 Å². The molecule has 0 fully saturated rings. The third kappa shape index (κ3) is 5.50. The lowest BCUT2D eigenvalue weighted by atomic mass is 10.1. The van der Waals surface area contributed by atoms with Crippen LogP contribution in [0.4, 0.5) is 13.2 Å². The Morgan fingerprint density at radius 3 is 2.36 bits per heavy atom. The first-order valence-corrected chi connectivity index (χ1v) is 11.6. The van der Waals surface area contributed by atoms with Crippen LogP contribution in [0, 0.1) is 0 Å². The average molecular weight is 535 g/mol. The molecule has 1 amide bonds. The van der Waals surface area contributed by atoms with Crippen molar-refractivity contribution < 1.29 is 32.7 Å². The predicted octanol–water partition coefficient (Wildman–Crippen LogP) is 4.66. The summed E-state index contributed by atoms with van der Waals surface area (Å²) in [5.74, 6) is -0.879. The molecule has 0 saturated carbocycles. The highest BCUT2D eigenvalue weighted by atomic mass is 19.4. The molecule has 2 heterocycles. The summed E-state index contributed by atoms with van der Waals surface area (Å²) in [7, 11) is 0. The molecule has 198 valence electrons. The summed E-state index contributed by atoms with van der Waals surface area (Å²) in [6.45, 7) is 0.153. The van der Waals surface area contributed by atoms with Crippen molar-refractivity contribution in [2.75, 3.05) is 0 Å². The Morgan fingerprint density at radius 2 is 1.69 bits per heavy atom. The zero-order chi connectivity index (χ0) is 27.6. The molecule has 5 aromatic rings. The van der Waals surface area contributed by atoms with Crippen molar-refractivity contribution >= 4 is 5.91 Å². The molecule has 0 saturated heterocycles. The van der Waals surface area contributed by atoms with Gasteiger partial charge in [-0.15, -0.1) is 0 Å². The van der Waals surface area contributed by atoms with Crippen LogP contribution in [0.2, 0.25) is 0 Å². The minimum Gasteiger partial charge on any atom is -0.508 e. The minimum absolute atomic E-state index is 0.0170. The van der Waals surface area contributed by atoms with Crippen LogP contribution in [0.5, 0.6) is 5.75 Å². The molecule has 0 aliphatic rings. The van der Waals surface area contributed by atoms with Crippen molar-refractivity contribution in [3.63, 3.8) is 0 Å². The molecule has 1 atom stereocenters. The lowest BCUT2D eigenvalue weighted by molar-refractivity contribution is -0.142. The van der Waals surface area contributed by atoms with E-state index < -0.39 is 23.9 Å². The Hall–Kier alpha value is -4.97. The Kier molecular flexibility index (Phi) is 6.86. The zero-order valence-electron chi connectivity index (χ0n) is 20.0. The van der Waals surface area contributed by atoms with E-state index in [0.29, 0.717) is 5.56 Å². The van der Waals surface area contributed by atoms with Gasteiger partial charge in [-0.05, 0) is 35.4 Å². The number of para-hydroxylation sites is 1.